The number of aromatic nitrogens is 4. The van der Waals surface area contributed by atoms with Crippen molar-refractivity contribution in [2.75, 3.05) is 0 Å². The Morgan fingerprint density at radius 3 is 2.74 bits per heavy atom. The number of hydrogen-bond acceptors (Lipinski definition) is 4. The van der Waals surface area contributed by atoms with Crippen molar-refractivity contribution in [3.05, 3.63) is 42.6 Å². The molecule has 5 heteroatoms. The lowest BCUT2D eigenvalue weighted by Gasteiger charge is -1.98. The van der Waals surface area contributed by atoms with Crippen molar-refractivity contribution in [3.63, 3.8) is 0 Å². The van der Waals surface area contributed by atoms with Gasteiger partial charge in [0.25, 0.3) is 0 Å². The molecule has 0 unspecified atom stereocenters. The molecule has 0 radical (unpaired) electrons. The molecule has 3 heterocycles. The highest BCUT2D eigenvalue weighted by molar-refractivity contribution is 5.59. The van der Waals surface area contributed by atoms with Gasteiger partial charge < -0.3 is 4.52 Å². The van der Waals surface area contributed by atoms with Gasteiger partial charge in [-0.25, -0.2) is 4.98 Å². The molecule has 0 aliphatic rings. The van der Waals surface area contributed by atoms with E-state index in [4.69, 9.17) is 4.52 Å². The van der Waals surface area contributed by atoms with Gasteiger partial charge in [-0.2, -0.15) is 4.98 Å². The Morgan fingerprint density at radius 1 is 1.32 bits per heavy atom. The zero-order chi connectivity index (χ0) is 13.8. The van der Waals surface area contributed by atoms with E-state index in [1.165, 1.54) is 0 Å². The fraction of sp³-hybridized carbons (Fsp3) is 0.214. The molecular weight excluding hydrogens is 240 g/mol. The molecule has 0 saturated carbocycles. The number of pyridine rings is 1. The molecule has 3 aromatic heterocycles. The van der Waals surface area contributed by atoms with Crippen molar-refractivity contribution in [1.82, 2.24) is 19.5 Å². The van der Waals surface area contributed by atoms with Gasteiger partial charge >= 0.3 is 0 Å². The Kier molecular flexibility index (Phi) is 3.75. The third-order valence-corrected chi connectivity index (χ3v) is 2.52. The predicted molar refractivity (Wildman–Crippen MR) is 74.7 cm³/mol. The molecule has 0 aromatic carbocycles. The third-order valence-electron chi connectivity index (χ3n) is 2.52. The Hall–Kier alpha value is -2.43. The SMILES string of the molecule is C=Cc1ccc2ncc(-c3noc(C)n3)n2c1.CC. The summed E-state index contributed by atoms with van der Waals surface area (Å²) in [5.74, 6) is 1.08. The lowest BCUT2D eigenvalue weighted by atomic mass is 10.3. The standard InChI is InChI=1S/C12H10N4O.C2H6/c1-3-9-4-5-11-13-6-10(16(11)7-9)12-14-8(2)17-15-12;1-2/h3-7H,1H2,2H3;1-2H3. The number of fused-ring (bicyclic) bond motifs is 1. The summed E-state index contributed by atoms with van der Waals surface area (Å²) >= 11 is 0. The van der Waals surface area contributed by atoms with Gasteiger partial charge in [0, 0.05) is 13.1 Å². The monoisotopic (exact) mass is 256 g/mol. The first-order valence-corrected chi connectivity index (χ1v) is 6.18. The Bertz CT molecular complexity index is 696. The second kappa shape index (κ2) is 5.48. The normalized spacial score (nSPS) is 10.1. The maximum Gasteiger partial charge on any atom is 0.223 e. The summed E-state index contributed by atoms with van der Waals surface area (Å²) in [5, 5.41) is 3.89. The summed E-state index contributed by atoms with van der Waals surface area (Å²) in [6.45, 7) is 9.50. The minimum Gasteiger partial charge on any atom is -0.339 e. The number of aryl methyl sites for hydroxylation is 1. The molecule has 19 heavy (non-hydrogen) atoms. The van der Waals surface area contributed by atoms with Crippen LogP contribution in [0.25, 0.3) is 23.2 Å². The average molecular weight is 256 g/mol. The highest BCUT2D eigenvalue weighted by Crippen LogP contribution is 2.18. The van der Waals surface area contributed by atoms with Crippen molar-refractivity contribution in [2.24, 2.45) is 0 Å². The minimum absolute atomic E-state index is 0.537. The second-order valence-corrected chi connectivity index (χ2v) is 3.68. The smallest absolute Gasteiger partial charge is 0.223 e. The van der Waals surface area contributed by atoms with Crippen molar-refractivity contribution < 1.29 is 4.52 Å². The molecule has 0 saturated heterocycles. The molecular formula is C14H16N4O. The van der Waals surface area contributed by atoms with Crippen LogP contribution in [0.1, 0.15) is 25.3 Å². The fourth-order valence-electron chi connectivity index (χ4n) is 1.69. The van der Waals surface area contributed by atoms with E-state index >= 15 is 0 Å². The van der Waals surface area contributed by atoms with Crippen LogP contribution in [0.3, 0.4) is 0 Å². The van der Waals surface area contributed by atoms with E-state index in [2.05, 4.69) is 21.7 Å². The first-order valence-electron chi connectivity index (χ1n) is 6.18. The number of rotatable bonds is 2. The van der Waals surface area contributed by atoms with E-state index in [0.29, 0.717) is 11.7 Å². The third kappa shape index (κ3) is 2.40. The highest BCUT2D eigenvalue weighted by Gasteiger charge is 2.11. The summed E-state index contributed by atoms with van der Waals surface area (Å²) in [4.78, 5) is 8.48. The maximum absolute atomic E-state index is 4.97. The van der Waals surface area contributed by atoms with Gasteiger partial charge in [-0.3, -0.25) is 4.40 Å². The largest absolute Gasteiger partial charge is 0.339 e. The molecule has 3 rings (SSSR count). The second-order valence-electron chi connectivity index (χ2n) is 3.68. The number of hydrogen-bond donors (Lipinski definition) is 0. The number of nitrogens with zero attached hydrogens (tertiary/aromatic N) is 4. The predicted octanol–water partition coefficient (Wildman–Crippen LogP) is 3.36. The topological polar surface area (TPSA) is 56.2 Å². The lowest BCUT2D eigenvalue weighted by molar-refractivity contribution is 0.394. The first kappa shape index (κ1) is 13.0. The van der Waals surface area contributed by atoms with Crippen LogP contribution in [0.15, 0.2) is 35.6 Å². The van der Waals surface area contributed by atoms with Gasteiger partial charge in [0.15, 0.2) is 0 Å². The summed E-state index contributed by atoms with van der Waals surface area (Å²) in [7, 11) is 0. The van der Waals surface area contributed by atoms with Crippen molar-refractivity contribution in [1.29, 1.82) is 0 Å². The molecule has 0 bridgehead atoms. The van der Waals surface area contributed by atoms with Crippen LogP contribution in [0.2, 0.25) is 0 Å². The number of imidazole rings is 1. The van der Waals surface area contributed by atoms with Crippen LogP contribution in [0, 0.1) is 6.92 Å². The summed E-state index contributed by atoms with van der Waals surface area (Å²) in [6.07, 6.45) is 5.45. The summed E-state index contributed by atoms with van der Waals surface area (Å²) in [5.41, 5.74) is 2.66. The lowest BCUT2D eigenvalue weighted by Crippen LogP contribution is -1.90. The van der Waals surface area contributed by atoms with Crippen molar-refractivity contribution in [2.45, 2.75) is 20.8 Å². The van der Waals surface area contributed by atoms with Crippen LogP contribution in [-0.2, 0) is 0 Å². The molecule has 0 aliphatic carbocycles. The van der Waals surface area contributed by atoms with Gasteiger partial charge in [-0.1, -0.05) is 31.7 Å². The molecule has 0 N–H and O–H groups in total. The first-order chi connectivity index (χ1) is 9.28. The molecule has 0 aliphatic heterocycles. The van der Waals surface area contributed by atoms with Crippen molar-refractivity contribution >= 4 is 11.7 Å². The zero-order valence-corrected chi connectivity index (χ0v) is 11.3. The van der Waals surface area contributed by atoms with Crippen LogP contribution < -0.4 is 0 Å². The van der Waals surface area contributed by atoms with Gasteiger partial charge in [-0.05, 0) is 17.7 Å². The van der Waals surface area contributed by atoms with Crippen LogP contribution in [0.5, 0.6) is 0 Å². The Morgan fingerprint density at radius 2 is 2.11 bits per heavy atom. The molecule has 0 atom stereocenters. The molecule has 5 nitrogen and oxygen atoms in total. The van der Waals surface area contributed by atoms with Gasteiger partial charge in [0.05, 0.1) is 6.20 Å². The molecule has 0 amide bonds. The van der Waals surface area contributed by atoms with Crippen molar-refractivity contribution in [3.8, 4) is 11.5 Å². The van der Waals surface area contributed by atoms with E-state index in [0.717, 1.165) is 16.9 Å². The fourth-order valence-corrected chi connectivity index (χ4v) is 1.69. The minimum atomic E-state index is 0.537. The van der Waals surface area contributed by atoms with E-state index in [1.807, 2.05) is 36.6 Å². The Balaban J connectivity index is 0.000000637. The molecule has 98 valence electrons. The molecule has 0 spiro atoms. The van der Waals surface area contributed by atoms with E-state index in [9.17, 15) is 0 Å². The van der Waals surface area contributed by atoms with Crippen LogP contribution in [0.4, 0.5) is 0 Å². The maximum atomic E-state index is 4.97. The van der Waals surface area contributed by atoms with Crippen LogP contribution in [-0.4, -0.2) is 19.5 Å². The highest BCUT2D eigenvalue weighted by atomic mass is 16.5. The van der Waals surface area contributed by atoms with Crippen LogP contribution >= 0.6 is 0 Å². The van der Waals surface area contributed by atoms with Gasteiger partial charge in [-0.15, -0.1) is 0 Å². The van der Waals surface area contributed by atoms with Gasteiger partial charge in [0.1, 0.15) is 11.3 Å². The zero-order valence-electron chi connectivity index (χ0n) is 11.3. The summed E-state index contributed by atoms with van der Waals surface area (Å²) in [6, 6.07) is 3.88. The van der Waals surface area contributed by atoms with Gasteiger partial charge in [0.2, 0.25) is 11.7 Å². The molecule has 3 aromatic rings. The van der Waals surface area contributed by atoms with E-state index < -0.39 is 0 Å². The van der Waals surface area contributed by atoms with E-state index in [-0.39, 0.29) is 0 Å². The molecule has 0 fully saturated rings. The summed E-state index contributed by atoms with van der Waals surface area (Å²) < 4.78 is 6.89. The van der Waals surface area contributed by atoms with E-state index in [1.54, 1.807) is 19.2 Å². The average Bonchev–Trinajstić information content (AvgIpc) is 3.06. The Labute approximate surface area is 111 Å². The quantitative estimate of drug-likeness (QED) is 0.705.